The number of benzene rings is 1. The molecule has 2 N–H and O–H groups in total. The van der Waals surface area contributed by atoms with E-state index in [-0.39, 0.29) is 11.4 Å². The quantitative estimate of drug-likeness (QED) is 0.606. The third-order valence-corrected chi connectivity index (χ3v) is 4.41. The Labute approximate surface area is 134 Å². The fraction of sp³-hybridized carbons (Fsp3) is 0.375. The number of hydrogen-bond donors (Lipinski definition) is 2. The lowest BCUT2D eigenvalue weighted by atomic mass is 10.2. The van der Waals surface area contributed by atoms with Gasteiger partial charge in [-0.1, -0.05) is 55.9 Å². The van der Waals surface area contributed by atoms with Gasteiger partial charge >= 0.3 is 0 Å². The van der Waals surface area contributed by atoms with E-state index in [1.807, 2.05) is 44.2 Å². The lowest BCUT2D eigenvalue weighted by molar-refractivity contribution is 0.287. The van der Waals surface area contributed by atoms with Crippen molar-refractivity contribution >= 4 is 11.8 Å². The molecule has 0 amide bonds. The Hall–Kier alpha value is -1.79. The van der Waals surface area contributed by atoms with Crippen LogP contribution in [0.15, 0.2) is 40.3 Å². The molecule has 0 unspecified atom stereocenters. The van der Waals surface area contributed by atoms with Crippen LogP contribution in [0.4, 0.5) is 0 Å². The van der Waals surface area contributed by atoms with Gasteiger partial charge in [0.05, 0.1) is 5.56 Å². The highest BCUT2D eigenvalue weighted by Gasteiger charge is 2.13. The van der Waals surface area contributed by atoms with E-state index in [4.69, 9.17) is 0 Å². The average molecular weight is 319 g/mol. The first-order valence-corrected chi connectivity index (χ1v) is 8.33. The molecule has 0 fully saturated rings. The van der Waals surface area contributed by atoms with Crippen LogP contribution in [-0.4, -0.2) is 33.1 Å². The second-order valence-electron chi connectivity index (χ2n) is 4.91. The molecule has 0 saturated carbocycles. The molecule has 22 heavy (non-hydrogen) atoms. The number of nitrogens with one attached hydrogen (secondary N) is 1. The number of aromatic amines is 1. The Kier molecular flexibility index (Phi) is 6.03. The van der Waals surface area contributed by atoms with Crippen LogP contribution in [0.25, 0.3) is 0 Å². The summed E-state index contributed by atoms with van der Waals surface area (Å²) in [7, 11) is 0. The minimum atomic E-state index is -0.269. The molecule has 1 aromatic carbocycles. The lowest BCUT2D eigenvalue weighted by Crippen LogP contribution is -2.27. The van der Waals surface area contributed by atoms with Crippen LogP contribution in [0.3, 0.4) is 0 Å². The van der Waals surface area contributed by atoms with Gasteiger partial charge in [-0.3, -0.25) is 9.69 Å². The van der Waals surface area contributed by atoms with E-state index in [0.717, 1.165) is 18.7 Å². The summed E-state index contributed by atoms with van der Waals surface area (Å²) in [6.45, 7) is 6.09. The van der Waals surface area contributed by atoms with Crippen LogP contribution in [0, 0.1) is 0 Å². The summed E-state index contributed by atoms with van der Waals surface area (Å²) >= 11 is 1.40. The van der Waals surface area contributed by atoms with Crippen molar-refractivity contribution in [1.29, 1.82) is 0 Å². The van der Waals surface area contributed by atoms with Gasteiger partial charge in [0, 0.05) is 12.3 Å². The van der Waals surface area contributed by atoms with Crippen molar-refractivity contribution in [3.8, 4) is 5.88 Å². The topological polar surface area (TPSA) is 69.2 Å². The summed E-state index contributed by atoms with van der Waals surface area (Å²) in [4.78, 5) is 21.1. The van der Waals surface area contributed by atoms with E-state index in [0.29, 0.717) is 23.0 Å². The van der Waals surface area contributed by atoms with Crippen molar-refractivity contribution in [2.45, 2.75) is 31.3 Å². The van der Waals surface area contributed by atoms with E-state index in [9.17, 15) is 9.90 Å². The molecule has 0 aliphatic rings. The summed E-state index contributed by atoms with van der Waals surface area (Å²) in [6, 6.07) is 9.93. The first kappa shape index (κ1) is 16.6. The highest BCUT2D eigenvalue weighted by atomic mass is 32.2. The zero-order valence-corrected chi connectivity index (χ0v) is 13.7. The Morgan fingerprint density at radius 1 is 1.23 bits per heavy atom. The molecule has 2 aromatic rings. The molecule has 118 valence electrons. The number of nitrogens with zero attached hydrogens (tertiary/aromatic N) is 2. The van der Waals surface area contributed by atoms with Crippen LogP contribution in [0.2, 0.25) is 0 Å². The molecule has 1 heterocycles. The summed E-state index contributed by atoms with van der Waals surface area (Å²) < 4.78 is 0. The van der Waals surface area contributed by atoms with E-state index in [1.54, 1.807) is 0 Å². The van der Waals surface area contributed by atoms with Gasteiger partial charge in [0.2, 0.25) is 5.88 Å². The summed E-state index contributed by atoms with van der Waals surface area (Å²) in [6.07, 6.45) is 0. The monoisotopic (exact) mass is 319 g/mol. The fourth-order valence-electron chi connectivity index (χ4n) is 2.07. The van der Waals surface area contributed by atoms with Crippen LogP contribution in [-0.2, 0) is 12.3 Å². The Morgan fingerprint density at radius 3 is 2.50 bits per heavy atom. The van der Waals surface area contributed by atoms with Crippen LogP contribution >= 0.6 is 11.8 Å². The first-order chi connectivity index (χ1) is 10.6. The minimum Gasteiger partial charge on any atom is -0.493 e. The molecule has 1 aromatic heterocycles. The van der Waals surface area contributed by atoms with Crippen molar-refractivity contribution in [3.05, 3.63) is 51.8 Å². The van der Waals surface area contributed by atoms with Gasteiger partial charge in [-0.05, 0) is 18.7 Å². The predicted molar refractivity (Wildman–Crippen MR) is 89.2 cm³/mol. The molecule has 0 saturated heterocycles. The largest absolute Gasteiger partial charge is 0.493 e. The normalized spacial score (nSPS) is 11.0. The molecule has 0 spiro atoms. The maximum atomic E-state index is 12.1. The van der Waals surface area contributed by atoms with E-state index in [2.05, 4.69) is 14.9 Å². The van der Waals surface area contributed by atoms with Gasteiger partial charge < -0.3 is 10.1 Å². The van der Waals surface area contributed by atoms with Gasteiger partial charge in [0.25, 0.3) is 5.56 Å². The number of aromatic nitrogens is 2. The minimum absolute atomic E-state index is 0.175. The molecule has 0 aliphatic heterocycles. The van der Waals surface area contributed by atoms with Crippen molar-refractivity contribution in [2.24, 2.45) is 0 Å². The van der Waals surface area contributed by atoms with Crippen LogP contribution in [0.1, 0.15) is 25.0 Å². The SMILES string of the molecule is CCN(CC)Cc1c(O)nc(SCc2ccccc2)[nH]c1=O. The summed E-state index contributed by atoms with van der Waals surface area (Å²) in [5.74, 6) is 0.518. The molecule has 0 radical (unpaired) electrons. The van der Waals surface area contributed by atoms with E-state index in [1.165, 1.54) is 11.8 Å². The molecule has 0 aliphatic carbocycles. The van der Waals surface area contributed by atoms with Crippen molar-refractivity contribution in [2.75, 3.05) is 13.1 Å². The number of aromatic hydroxyl groups is 1. The zero-order valence-electron chi connectivity index (χ0n) is 12.9. The molecule has 5 nitrogen and oxygen atoms in total. The maximum Gasteiger partial charge on any atom is 0.259 e. The first-order valence-electron chi connectivity index (χ1n) is 7.35. The number of hydrogen-bond acceptors (Lipinski definition) is 5. The smallest absolute Gasteiger partial charge is 0.259 e. The van der Waals surface area contributed by atoms with Crippen molar-refractivity contribution in [1.82, 2.24) is 14.9 Å². The second kappa shape index (κ2) is 8.00. The zero-order chi connectivity index (χ0) is 15.9. The summed E-state index contributed by atoms with van der Waals surface area (Å²) in [5, 5.41) is 10.5. The highest BCUT2D eigenvalue weighted by Crippen LogP contribution is 2.21. The van der Waals surface area contributed by atoms with Gasteiger partial charge in [0.1, 0.15) is 0 Å². The molecule has 0 bridgehead atoms. The van der Waals surface area contributed by atoms with Crippen LogP contribution < -0.4 is 5.56 Å². The van der Waals surface area contributed by atoms with E-state index < -0.39 is 0 Å². The third kappa shape index (κ3) is 4.35. The number of rotatable bonds is 7. The van der Waals surface area contributed by atoms with Crippen molar-refractivity contribution < 1.29 is 5.11 Å². The maximum absolute atomic E-state index is 12.1. The molecule has 6 heteroatoms. The molecular formula is C16H21N3O2S. The Balaban J connectivity index is 2.10. The summed E-state index contributed by atoms with van der Waals surface area (Å²) in [5.41, 5.74) is 1.20. The third-order valence-electron chi connectivity index (χ3n) is 3.47. The van der Waals surface area contributed by atoms with Gasteiger partial charge in [-0.2, -0.15) is 4.98 Å². The van der Waals surface area contributed by atoms with Gasteiger partial charge in [-0.15, -0.1) is 0 Å². The molecule has 2 rings (SSSR count). The molecular weight excluding hydrogens is 298 g/mol. The van der Waals surface area contributed by atoms with E-state index >= 15 is 0 Å². The highest BCUT2D eigenvalue weighted by molar-refractivity contribution is 7.98. The lowest BCUT2D eigenvalue weighted by Gasteiger charge is -2.17. The predicted octanol–water partition coefficient (Wildman–Crippen LogP) is 2.61. The Morgan fingerprint density at radius 2 is 1.91 bits per heavy atom. The fourth-order valence-corrected chi connectivity index (χ4v) is 2.89. The molecule has 0 atom stereocenters. The number of H-pyrrole nitrogens is 1. The van der Waals surface area contributed by atoms with Gasteiger partial charge in [0.15, 0.2) is 5.16 Å². The number of thioether (sulfide) groups is 1. The Bertz CT molecular complexity index is 654. The van der Waals surface area contributed by atoms with Gasteiger partial charge in [-0.25, -0.2) is 0 Å². The van der Waals surface area contributed by atoms with Crippen molar-refractivity contribution in [3.63, 3.8) is 0 Å². The second-order valence-corrected chi connectivity index (χ2v) is 5.87. The standard InChI is InChI=1S/C16H21N3O2S/c1-3-19(4-2)10-13-14(20)17-16(18-15(13)21)22-11-12-8-6-5-7-9-12/h5-9H,3-4,10-11H2,1-2H3,(H2,17,18,20,21). The van der Waals surface area contributed by atoms with Crippen LogP contribution in [0.5, 0.6) is 5.88 Å². The average Bonchev–Trinajstić information content (AvgIpc) is 2.53.